The van der Waals surface area contributed by atoms with E-state index in [0.717, 1.165) is 11.4 Å². The smallest absolute Gasteiger partial charge is 0.0490 e. The normalized spacial score (nSPS) is 15.1. The van der Waals surface area contributed by atoms with E-state index < -0.39 is 0 Å². The van der Waals surface area contributed by atoms with Crippen molar-refractivity contribution in [3.05, 3.63) is 24.0 Å². The fraction of sp³-hybridized carbons (Fsp3) is 0.583. The van der Waals surface area contributed by atoms with Gasteiger partial charge in [0.2, 0.25) is 0 Å². The number of aryl methyl sites for hydroxylation is 1. The molecule has 0 fully saturated rings. The topological polar surface area (TPSA) is 50.9 Å². The Hall–Kier alpha value is -1.09. The van der Waals surface area contributed by atoms with Gasteiger partial charge in [-0.3, -0.25) is 4.98 Å². The Kier molecular flexibility index (Phi) is 3.69. The maximum Gasteiger partial charge on any atom is 0.0490 e. The Labute approximate surface area is 92.1 Å². The number of aromatic nitrogens is 1. The van der Waals surface area contributed by atoms with Gasteiger partial charge in [-0.15, -0.1) is 0 Å². The Balaban J connectivity index is 2.84. The van der Waals surface area contributed by atoms with Crippen molar-refractivity contribution < 1.29 is 0 Å². The summed E-state index contributed by atoms with van der Waals surface area (Å²) in [5.74, 6) is 0.482. The van der Waals surface area contributed by atoms with E-state index in [1.165, 1.54) is 0 Å². The number of nitrogens with one attached hydrogen (secondary N) is 1. The van der Waals surface area contributed by atoms with Gasteiger partial charge in [0.25, 0.3) is 0 Å². The van der Waals surface area contributed by atoms with Crippen molar-refractivity contribution >= 4 is 5.69 Å². The first-order valence-electron chi connectivity index (χ1n) is 5.39. The number of pyridine rings is 1. The summed E-state index contributed by atoms with van der Waals surface area (Å²) in [5.41, 5.74) is 7.86. The second-order valence-corrected chi connectivity index (χ2v) is 4.59. The monoisotopic (exact) mass is 207 g/mol. The lowest BCUT2D eigenvalue weighted by atomic mass is 9.88. The summed E-state index contributed by atoms with van der Waals surface area (Å²) >= 11 is 0. The molecule has 0 aliphatic rings. The predicted molar refractivity (Wildman–Crippen MR) is 64.9 cm³/mol. The van der Waals surface area contributed by atoms with Crippen LogP contribution in [0.4, 0.5) is 5.69 Å². The Morgan fingerprint density at radius 3 is 2.67 bits per heavy atom. The van der Waals surface area contributed by atoms with Crippen molar-refractivity contribution in [3.63, 3.8) is 0 Å². The maximum absolute atomic E-state index is 5.82. The minimum Gasteiger partial charge on any atom is -0.378 e. The molecular formula is C12H21N3. The summed E-state index contributed by atoms with van der Waals surface area (Å²) in [4.78, 5) is 4.17. The van der Waals surface area contributed by atoms with Crippen molar-refractivity contribution in [3.8, 4) is 0 Å². The molecule has 0 aromatic carbocycles. The zero-order valence-electron chi connectivity index (χ0n) is 10.0. The van der Waals surface area contributed by atoms with Crippen molar-refractivity contribution in [1.82, 2.24) is 4.98 Å². The highest BCUT2D eigenvalue weighted by atomic mass is 15.0. The molecule has 0 radical (unpaired) electrons. The first kappa shape index (κ1) is 12.0. The number of anilines is 1. The molecule has 0 bridgehead atoms. The van der Waals surface area contributed by atoms with Gasteiger partial charge in [-0.05, 0) is 31.9 Å². The summed E-state index contributed by atoms with van der Waals surface area (Å²) in [7, 11) is 0. The standard InChI is InChI=1S/C12H21N3/c1-9(2)12(4,8-13)15-11-5-6-14-10(3)7-11/h5-7,9H,8,13H2,1-4H3,(H,14,15). The molecule has 15 heavy (non-hydrogen) atoms. The van der Waals surface area contributed by atoms with Crippen LogP contribution >= 0.6 is 0 Å². The number of nitrogens with two attached hydrogens (primary N) is 1. The number of hydrogen-bond donors (Lipinski definition) is 2. The van der Waals surface area contributed by atoms with Gasteiger partial charge in [0.15, 0.2) is 0 Å². The summed E-state index contributed by atoms with van der Waals surface area (Å²) in [5, 5.41) is 3.48. The molecule has 1 unspecified atom stereocenters. The fourth-order valence-electron chi connectivity index (χ4n) is 1.38. The van der Waals surface area contributed by atoms with Crippen LogP contribution in [0.25, 0.3) is 0 Å². The van der Waals surface area contributed by atoms with Gasteiger partial charge in [-0.25, -0.2) is 0 Å². The van der Waals surface area contributed by atoms with Gasteiger partial charge < -0.3 is 11.1 Å². The maximum atomic E-state index is 5.82. The lowest BCUT2D eigenvalue weighted by Crippen LogP contribution is -2.47. The molecule has 1 rings (SSSR count). The highest BCUT2D eigenvalue weighted by molar-refractivity contribution is 5.45. The van der Waals surface area contributed by atoms with Crippen molar-refractivity contribution in [2.24, 2.45) is 11.7 Å². The zero-order valence-corrected chi connectivity index (χ0v) is 10.0. The zero-order chi connectivity index (χ0) is 11.5. The molecule has 0 saturated carbocycles. The SMILES string of the molecule is Cc1cc(NC(C)(CN)C(C)C)ccn1. The van der Waals surface area contributed by atoms with E-state index >= 15 is 0 Å². The van der Waals surface area contributed by atoms with Gasteiger partial charge in [-0.1, -0.05) is 13.8 Å². The molecule has 3 heteroatoms. The van der Waals surface area contributed by atoms with Crippen LogP contribution in [0.1, 0.15) is 26.5 Å². The van der Waals surface area contributed by atoms with Gasteiger partial charge in [0, 0.05) is 29.7 Å². The number of hydrogen-bond acceptors (Lipinski definition) is 3. The Bertz CT molecular complexity index is 322. The minimum atomic E-state index is -0.0617. The molecule has 1 atom stereocenters. The molecule has 0 saturated heterocycles. The summed E-state index contributed by atoms with van der Waals surface area (Å²) < 4.78 is 0. The molecule has 0 amide bonds. The number of nitrogens with zero attached hydrogens (tertiary/aromatic N) is 1. The average molecular weight is 207 g/mol. The summed E-state index contributed by atoms with van der Waals surface area (Å²) in [6, 6.07) is 4.01. The van der Waals surface area contributed by atoms with Gasteiger partial charge in [0.05, 0.1) is 0 Å². The van der Waals surface area contributed by atoms with Crippen LogP contribution in [0.2, 0.25) is 0 Å². The van der Waals surface area contributed by atoms with E-state index in [1.54, 1.807) is 0 Å². The van der Waals surface area contributed by atoms with E-state index in [9.17, 15) is 0 Å². The molecular weight excluding hydrogens is 186 g/mol. The quantitative estimate of drug-likeness (QED) is 0.795. The third-order valence-electron chi connectivity index (χ3n) is 3.02. The second kappa shape index (κ2) is 4.62. The Morgan fingerprint density at radius 1 is 1.53 bits per heavy atom. The van der Waals surface area contributed by atoms with Crippen LogP contribution in [-0.2, 0) is 0 Å². The molecule has 1 aromatic rings. The first-order chi connectivity index (χ1) is 6.98. The van der Waals surface area contributed by atoms with Crippen molar-refractivity contribution in [2.75, 3.05) is 11.9 Å². The largest absolute Gasteiger partial charge is 0.378 e. The molecule has 1 aromatic heterocycles. The average Bonchev–Trinajstić information content (AvgIpc) is 2.17. The van der Waals surface area contributed by atoms with Crippen LogP contribution in [0.3, 0.4) is 0 Å². The molecule has 3 N–H and O–H groups in total. The summed E-state index contributed by atoms with van der Waals surface area (Å²) in [6.45, 7) is 9.10. The van der Waals surface area contributed by atoms with E-state index in [4.69, 9.17) is 5.73 Å². The second-order valence-electron chi connectivity index (χ2n) is 4.59. The van der Waals surface area contributed by atoms with Gasteiger partial charge >= 0.3 is 0 Å². The first-order valence-corrected chi connectivity index (χ1v) is 5.39. The van der Waals surface area contributed by atoms with E-state index in [-0.39, 0.29) is 5.54 Å². The van der Waals surface area contributed by atoms with Crippen LogP contribution in [-0.4, -0.2) is 17.1 Å². The van der Waals surface area contributed by atoms with Crippen LogP contribution in [0.5, 0.6) is 0 Å². The fourth-order valence-corrected chi connectivity index (χ4v) is 1.38. The van der Waals surface area contributed by atoms with Crippen LogP contribution in [0, 0.1) is 12.8 Å². The van der Waals surface area contributed by atoms with E-state index in [1.807, 2.05) is 25.3 Å². The van der Waals surface area contributed by atoms with Crippen molar-refractivity contribution in [2.45, 2.75) is 33.2 Å². The highest BCUT2D eigenvalue weighted by Gasteiger charge is 2.26. The molecule has 0 aliphatic carbocycles. The van der Waals surface area contributed by atoms with Gasteiger partial charge in [-0.2, -0.15) is 0 Å². The molecule has 1 heterocycles. The van der Waals surface area contributed by atoms with Crippen molar-refractivity contribution in [1.29, 1.82) is 0 Å². The molecule has 84 valence electrons. The third kappa shape index (κ3) is 2.93. The van der Waals surface area contributed by atoms with E-state index in [0.29, 0.717) is 12.5 Å². The van der Waals surface area contributed by atoms with Crippen LogP contribution in [0.15, 0.2) is 18.3 Å². The molecule has 0 spiro atoms. The predicted octanol–water partition coefficient (Wildman–Crippen LogP) is 2.18. The highest BCUT2D eigenvalue weighted by Crippen LogP contribution is 2.21. The lowest BCUT2D eigenvalue weighted by Gasteiger charge is -2.34. The minimum absolute atomic E-state index is 0.0617. The van der Waals surface area contributed by atoms with E-state index in [2.05, 4.69) is 31.1 Å². The molecule has 0 aliphatic heterocycles. The Morgan fingerprint density at radius 2 is 2.20 bits per heavy atom. The number of rotatable bonds is 4. The third-order valence-corrected chi connectivity index (χ3v) is 3.02. The van der Waals surface area contributed by atoms with Gasteiger partial charge in [0.1, 0.15) is 0 Å². The lowest BCUT2D eigenvalue weighted by molar-refractivity contribution is 0.382. The van der Waals surface area contributed by atoms with Crippen LogP contribution < -0.4 is 11.1 Å². The summed E-state index contributed by atoms with van der Waals surface area (Å²) in [6.07, 6.45) is 1.81. The molecule has 3 nitrogen and oxygen atoms in total.